The molecule has 0 unspecified atom stereocenters. The minimum atomic E-state index is -0.0194. The van der Waals surface area contributed by atoms with E-state index in [-0.39, 0.29) is 10.5 Å². The van der Waals surface area contributed by atoms with E-state index in [0.29, 0.717) is 12.4 Å². The number of hydrogen-bond donors (Lipinski definition) is 2. The van der Waals surface area contributed by atoms with Crippen molar-refractivity contribution in [1.29, 1.82) is 0 Å². The summed E-state index contributed by atoms with van der Waals surface area (Å²) in [5.74, 6) is 1.46. The SMILES string of the molecule is CC(C)(C)c1cnc(CNC(N)=S)o1. The molecule has 1 aromatic rings. The molecule has 5 heteroatoms. The Morgan fingerprint density at radius 2 is 2.29 bits per heavy atom. The van der Waals surface area contributed by atoms with Crippen LogP contribution in [0.2, 0.25) is 0 Å². The van der Waals surface area contributed by atoms with Crippen LogP contribution in [0.15, 0.2) is 10.6 Å². The number of nitrogens with two attached hydrogens (primary N) is 1. The van der Waals surface area contributed by atoms with Crippen molar-refractivity contribution in [2.24, 2.45) is 5.73 Å². The van der Waals surface area contributed by atoms with E-state index in [9.17, 15) is 0 Å². The summed E-state index contributed by atoms with van der Waals surface area (Å²) in [6.45, 7) is 6.64. The Morgan fingerprint density at radius 1 is 1.64 bits per heavy atom. The molecule has 0 atom stereocenters. The first-order chi connectivity index (χ1) is 6.39. The Morgan fingerprint density at radius 3 is 2.71 bits per heavy atom. The van der Waals surface area contributed by atoms with E-state index in [0.717, 1.165) is 5.76 Å². The van der Waals surface area contributed by atoms with Crippen LogP contribution in [0.5, 0.6) is 0 Å². The Balaban J connectivity index is 2.64. The van der Waals surface area contributed by atoms with Crippen molar-refractivity contribution in [1.82, 2.24) is 10.3 Å². The molecule has 0 bridgehead atoms. The lowest BCUT2D eigenvalue weighted by atomic mass is 9.94. The predicted octanol–water partition coefficient (Wildman–Crippen LogP) is 1.31. The van der Waals surface area contributed by atoms with Crippen LogP contribution < -0.4 is 11.1 Å². The summed E-state index contributed by atoms with van der Waals surface area (Å²) in [6, 6.07) is 0. The van der Waals surface area contributed by atoms with Crippen LogP contribution in [-0.4, -0.2) is 10.1 Å². The number of rotatable bonds is 2. The van der Waals surface area contributed by atoms with Crippen molar-refractivity contribution < 1.29 is 4.42 Å². The lowest BCUT2D eigenvalue weighted by Gasteiger charge is -2.13. The molecule has 1 heterocycles. The molecule has 1 aromatic heterocycles. The molecular formula is C9H15N3OS. The number of nitrogens with zero attached hydrogens (tertiary/aromatic N) is 1. The smallest absolute Gasteiger partial charge is 0.213 e. The third-order valence-corrected chi connectivity index (χ3v) is 1.85. The Kier molecular flexibility index (Phi) is 3.10. The molecule has 0 saturated carbocycles. The molecule has 4 nitrogen and oxygen atoms in total. The van der Waals surface area contributed by atoms with E-state index in [1.807, 2.05) is 0 Å². The fourth-order valence-electron chi connectivity index (χ4n) is 0.901. The number of thiocarbonyl (C=S) groups is 1. The monoisotopic (exact) mass is 213 g/mol. The second-order valence-electron chi connectivity index (χ2n) is 4.09. The van der Waals surface area contributed by atoms with Gasteiger partial charge in [-0.3, -0.25) is 0 Å². The molecule has 78 valence electrons. The molecule has 0 fully saturated rings. The number of hydrogen-bond acceptors (Lipinski definition) is 3. The summed E-state index contributed by atoms with van der Waals surface area (Å²) in [7, 11) is 0. The molecule has 0 spiro atoms. The van der Waals surface area contributed by atoms with Crippen molar-refractivity contribution in [3.05, 3.63) is 17.8 Å². The largest absolute Gasteiger partial charge is 0.443 e. The molecule has 3 N–H and O–H groups in total. The minimum absolute atomic E-state index is 0.0194. The van der Waals surface area contributed by atoms with E-state index in [4.69, 9.17) is 10.2 Å². The van der Waals surface area contributed by atoms with Crippen LogP contribution in [0.1, 0.15) is 32.4 Å². The fourth-order valence-corrected chi connectivity index (χ4v) is 0.974. The summed E-state index contributed by atoms with van der Waals surface area (Å²) in [6.07, 6.45) is 1.73. The molecule has 0 aliphatic carbocycles. The van der Waals surface area contributed by atoms with Crippen LogP contribution in [0, 0.1) is 0 Å². The Labute approximate surface area is 88.9 Å². The maximum absolute atomic E-state index is 5.51. The van der Waals surface area contributed by atoms with E-state index in [2.05, 4.69) is 43.3 Å². The predicted molar refractivity (Wildman–Crippen MR) is 58.8 cm³/mol. The summed E-state index contributed by atoms with van der Waals surface area (Å²) < 4.78 is 5.51. The summed E-state index contributed by atoms with van der Waals surface area (Å²) in [4.78, 5) is 4.11. The first-order valence-electron chi connectivity index (χ1n) is 4.38. The maximum Gasteiger partial charge on any atom is 0.213 e. The quantitative estimate of drug-likeness (QED) is 0.725. The lowest BCUT2D eigenvalue weighted by molar-refractivity contribution is 0.380. The van der Waals surface area contributed by atoms with Crippen LogP contribution in [0.3, 0.4) is 0 Å². The van der Waals surface area contributed by atoms with E-state index in [1.54, 1.807) is 6.20 Å². The third-order valence-electron chi connectivity index (χ3n) is 1.71. The van der Waals surface area contributed by atoms with Gasteiger partial charge in [-0.1, -0.05) is 20.8 Å². The molecule has 0 radical (unpaired) electrons. The van der Waals surface area contributed by atoms with Gasteiger partial charge in [-0.05, 0) is 12.2 Å². The van der Waals surface area contributed by atoms with Crippen molar-refractivity contribution >= 4 is 17.3 Å². The van der Waals surface area contributed by atoms with Gasteiger partial charge in [0.2, 0.25) is 5.89 Å². The van der Waals surface area contributed by atoms with Gasteiger partial charge in [-0.15, -0.1) is 0 Å². The molecule has 14 heavy (non-hydrogen) atoms. The van der Waals surface area contributed by atoms with Crippen molar-refractivity contribution in [3.63, 3.8) is 0 Å². The van der Waals surface area contributed by atoms with Crippen LogP contribution >= 0.6 is 12.2 Å². The normalized spacial score (nSPS) is 11.4. The van der Waals surface area contributed by atoms with Gasteiger partial charge in [0.05, 0.1) is 12.7 Å². The van der Waals surface area contributed by atoms with Gasteiger partial charge in [0, 0.05) is 5.41 Å². The van der Waals surface area contributed by atoms with Gasteiger partial charge in [-0.2, -0.15) is 0 Å². The third kappa shape index (κ3) is 2.99. The zero-order valence-corrected chi connectivity index (χ0v) is 9.44. The van der Waals surface area contributed by atoms with E-state index < -0.39 is 0 Å². The minimum Gasteiger partial charge on any atom is -0.443 e. The van der Waals surface area contributed by atoms with Gasteiger partial charge < -0.3 is 15.5 Å². The Hall–Kier alpha value is -1.10. The van der Waals surface area contributed by atoms with E-state index in [1.165, 1.54) is 0 Å². The number of nitrogens with one attached hydrogen (secondary N) is 1. The highest BCUT2D eigenvalue weighted by Gasteiger charge is 2.18. The highest BCUT2D eigenvalue weighted by Crippen LogP contribution is 2.22. The molecular weight excluding hydrogens is 198 g/mol. The maximum atomic E-state index is 5.51. The molecule has 0 aliphatic heterocycles. The Bertz CT molecular complexity index is 327. The second kappa shape index (κ2) is 3.96. The average molecular weight is 213 g/mol. The fraction of sp³-hybridized carbons (Fsp3) is 0.556. The van der Waals surface area contributed by atoms with Crippen LogP contribution in [0.4, 0.5) is 0 Å². The summed E-state index contributed by atoms with van der Waals surface area (Å²) >= 11 is 4.67. The topological polar surface area (TPSA) is 64.1 Å². The summed E-state index contributed by atoms with van der Waals surface area (Å²) in [5.41, 5.74) is 5.26. The average Bonchev–Trinajstić information content (AvgIpc) is 2.47. The van der Waals surface area contributed by atoms with Crippen LogP contribution in [0.25, 0.3) is 0 Å². The standard InChI is InChI=1S/C9H15N3OS/c1-9(2,3)6-4-11-7(13-6)5-12-8(10)14/h4H,5H2,1-3H3,(H3,10,12,14). The van der Waals surface area contributed by atoms with Gasteiger partial charge in [0.15, 0.2) is 5.11 Å². The van der Waals surface area contributed by atoms with Gasteiger partial charge >= 0.3 is 0 Å². The number of oxazole rings is 1. The number of aromatic nitrogens is 1. The van der Waals surface area contributed by atoms with Crippen molar-refractivity contribution in [2.75, 3.05) is 0 Å². The van der Waals surface area contributed by atoms with Crippen molar-refractivity contribution in [3.8, 4) is 0 Å². The van der Waals surface area contributed by atoms with Gasteiger partial charge in [-0.25, -0.2) is 4.98 Å². The van der Waals surface area contributed by atoms with Gasteiger partial charge in [0.1, 0.15) is 5.76 Å². The second-order valence-corrected chi connectivity index (χ2v) is 4.53. The molecule has 0 amide bonds. The molecule has 0 aromatic carbocycles. The zero-order valence-electron chi connectivity index (χ0n) is 8.63. The molecule has 0 aliphatic rings. The zero-order chi connectivity index (χ0) is 10.8. The highest BCUT2D eigenvalue weighted by molar-refractivity contribution is 7.80. The highest BCUT2D eigenvalue weighted by atomic mass is 32.1. The molecule has 0 saturated heterocycles. The van der Waals surface area contributed by atoms with Gasteiger partial charge in [0.25, 0.3) is 0 Å². The van der Waals surface area contributed by atoms with E-state index >= 15 is 0 Å². The lowest BCUT2D eigenvalue weighted by Crippen LogP contribution is -2.28. The first-order valence-corrected chi connectivity index (χ1v) is 4.79. The summed E-state index contributed by atoms with van der Waals surface area (Å²) in [5, 5.41) is 3.03. The van der Waals surface area contributed by atoms with Crippen LogP contribution in [-0.2, 0) is 12.0 Å². The first kappa shape index (κ1) is 11.0. The van der Waals surface area contributed by atoms with Crippen molar-refractivity contribution in [2.45, 2.75) is 32.7 Å². The molecule has 1 rings (SSSR count).